The molecule has 1 atom stereocenters. The van der Waals surface area contributed by atoms with Gasteiger partial charge in [0, 0.05) is 46.2 Å². The fourth-order valence-electron chi connectivity index (χ4n) is 3.36. The Balaban J connectivity index is 1.80. The molecule has 2 heterocycles. The van der Waals surface area contributed by atoms with Crippen molar-refractivity contribution in [2.24, 2.45) is 0 Å². The number of non-ortho nitro benzene ring substituents is 1. The maximum atomic E-state index is 10.9. The lowest BCUT2D eigenvalue weighted by molar-refractivity contribution is -0.384. The van der Waals surface area contributed by atoms with Gasteiger partial charge in [0.2, 0.25) is 0 Å². The SMILES string of the molecule is Cc1[nH]c2ccccc2c1[C@H](Nc1ccc([N+](=O)[O-])cc1)c1ccccn1. The molecule has 6 nitrogen and oxygen atoms in total. The Kier molecular flexibility index (Phi) is 4.30. The summed E-state index contributed by atoms with van der Waals surface area (Å²) >= 11 is 0. The van der Waals surface area contributed by atoms with Gasteiger partial charge in [-0.3, -0.25) is 15.1 Å². The van der Waals surface area contributed by atoms with Gasteiger partial charge in [0.1, 0.15) is 0 Å². The lowest BCUT2D eigenvalue weighted by atomic mass is 9.99. The monoisotopic (exact) mass is 358 g/mol. The molecular formula is C21H18N4O2. The number of aromatic nitrogens is 2. The third-order valence-corrected chi connectivity index (χ3v) is 4.60. The summed E-state index contributed by atoms with van der Waals surface area (Å²) in [6, 6.07) is 20.2. The molecule has 4 aromatic rings. The molecule has 6 heteroatoms. The van der Waals surface area contributed by atoms with E-state index >= 15 is 0 Å². The third-order valence-electron chi connectivity index (χ3n) is 4.60. The summed E-state index contributed by atoms with van der Waals surface area (Å²) in [5, 5.41) is 15.5. The summed E-state index contributed by atoms with van der Waals surface area (Å²) in [6.07, 6.45) is 1.77. The normalized spacial score (nSPS) is 12.0. The van der Waals surface area contributed by atoms with Gasteiger partial charge in [-0.05, 0) is 37.3 Å². The number of nitro benzene ring substituents is 1. The molecule has 2 aromatic heterocycles. The fraction of sp³-hybridized carbons (Fsp3) is 0.0952. The summed E-state index contributed by atoms with van der Waals surface area (Å²) in [7, 11) is 0. The molecule has 27 heavy (non-hydrogen) atoms. The second-order valence-corrected chi connectivity index (χ2v) is 6.35. The number of para-hydroxylation sites is 1. The summed E-state index contributed by atoms with van der Waals surface area (Å²) in [4.78, 5) is 18.5. The quantitative estimate of drug-likeness (QED) is 0.389. The predicted octanol–water partition coefficient (Wildman–Crippen LogP) is 4.98. The second kappa shape index (κ2) is 6.92. The number of rotatable bonds is 5. The summed E-state index contributed by atoms with van der Waals surface area (Å²) in [6.45, 7) is 2.04. The van der Waals surface area contributed by atoms with Crippen LogP contribution in [0, 0.1) is 17.0 Å². The van der Waals surface area contributed by atoms with Crippen molar-refractivity contribution in [1.82, 2.24) is 9.97 Å². The summed E-state index contributed by atoms with van der Waals surface area (Å²) in [5.41, 5.74) is 4.98. The number of H-pyrrole nitrogens is 1. The third kappa shape index (κ3) is 3.25. The molecule has 0 fully saturated rings. The maximum absolute atomic E-state index is 10.9. The van der Waals surface area contributed by atoms with Crippen LogP contribution in [-0.4, -0.2) is 14.9 Å². The maximum Gasteiger partial charge on any atom is 0.269 e. The lowest BCUT2D eigenvalue weighted by Crippen LogP contribution is -2.14. The van der Waals surface area contributed by atoms with Crippen LogP contribution in [0.1, 0.15) is 23.0 Å². The molecule has 2 aromatic carbocycles. The Hall–Kier alpha value is -3.67. The number of nitro groups is 1. The average Bonchev–Trinajstić information content (AvgIpc) is 3.03. The van der Waals surface area contributed by atoms with E-state index in [-0.39, 0.29) is 11.7 Å². The van der Waals surface area contributed by atoms with E-state index in [4.69, 9.17) is 0 Å². The molecule has 0 unspecified atom stereocenters. The van der Waals surface area contributed by atoms with Crippen LogP contribution in [-0.2, 0) is 0 Å². The van der Waals surface area contributed by atoms with Crippen LogP contribution in [0.5, 0.6) is 0 Å². The molecule has 134 valence electrons. The first-order valence-corrected chi connectivity index (χ1v) is 8.62. The van der Waals surface area contributed by atoms with Crippen molar-refractivity contribution < 1.29 is 4.92 Å². The van der Waals surface area contributed by atoms with Crippen LogP contribution < -0.4 is 5.32 Å². The first-order chi connectivity index (χ1) is 13.1. The van der Waals surface area contributed by atoms with Gasteiger partial charge in [-0.15, -0.1) is 0 Å². The second-order valence-electron chi connectivity index (χ2n) is 6.35. The summed E-state index contributed by atoms with van der Waals surface area (Å²) < 4.78 is 0. The minimum Gasteiger partial charge on any atom is -0.373 e. The van der Waals surface area contributed by atoms with Crippen LogP contribution in [0.15, 0.2) is 72.9 Å². The van der Waals surface area contributed by atoms with E-state index in [1.807, 2.05) is 43.3 Å². The van der Waals surface area contributed by atoms with Gasteiger partial charge in [0.05, 0.1) is 16.7 Å². The number of aryl methyl sites for hydroxylation is 1. The minimum atomic E-state index is -0.399. The Bertz CT molecular complexity index is 1090. The highest BCUT2D eigenvalue weighted by Crippen LogP contribution is 2.34. The predicted molar refractivity (Wildman–Crippen MR) is 106 cm³/mol. The Morgan fingerprint density at radius 2 is 1.78 bits per heavy atom. The molecule has 0 aliphatic carbocycles. The zero-order valence-corrected chi connectivity index (χ0v) is 14.7. The van der Waals surface area contributed by atoms with E-state index in [1.54, 1.807) is 18.3 Å². The van der Waals surface area contributed by atoms with Gasteiger partial charge in [-0.25, -0.2) is 0 Å². The van der Waals surface area contributed by atoms with Crippen LogP contribution in [0.25, 0.3) is 10.9 Å². The van der Waals surface area contributed by atoms with E-state index in [1.165, 1.54) is 12.1 Å². The first-order valence-electron chi connectivity index (χ1n) is 8.62. The van der Waals surface area contributed by atoms with Gasteiger partial charge in [0.15, 0.2) is 0 Å². The zero-order valence-electron chi connectivity index (χ0n) is 14.7. The number of anilines is 1. The van der Waals surface area contributed by atoms with Crippen molar-refractivity contribution in [3.05, 3.63) is 100.0 Å². The Morgan fingerprint density at radius 3 is 2.48 bits per heavy atom. The highest BCUT2D eigenvalue weighted by Gasteiger charge is 2.22. The molecular weight excluding hydrogens is 340 g/mol. The topological polar surface area (TPSA) is 83.8 Å². The summed E-state index contributed by atoms with van der Waals surface area (Å²) in [5.74, 6) is 0. The van der Waals surface area contributed by atoms with Crippen LogP contribution >= 0.6 is 0 Å². The van der Waals surface area contributed by atoms with Gasteiger partial charge in [0.25, 0.3) is 5.69 Å². The highest BCUT2D eigenvalue weighted by molar-refractivity contribution is 5.86. The molecule has 0 aliphatic rings. The standard InChI is InChI=1S/C21H18N4O2/c1-14-20(17-6-2-3-7-18(17)23-14)21(19-8-4-5-13-22-19)24-15-9-11-16(12-10-15)25(26)27/h2-13,21,23-24H,1H3/t21-/m1/s1. The number of nitrogens with one attached hydrogen (secondary N) is 2. The Morgan fingerprint density at radius 1 is 1.04 bits per heavy atom. The molecule has 0 saturated heterocycles. The van der Waals surface area contributed by atoms with Gasteiger partial charge in [-0.2, -0.15) is 0 Å². The number of pyridine rings is 1. The zero-order chi connectivity index (χ0) is 18.8. The van der Waals surface area contributed by atoms with Gasteiger partial charge >= 0.3 is 0 Å². The first kappa shape index (κ1) is 16.8. The number of benzene rings is 2. The lowest BCUT2D eigenvalue weighted by Gasteiger charge is -2.20. The van der Waals surface area contributed by atoms with Crippen molar-refractivity contribution in [1.29, 1.82) is 0 Å². The molecule has 0 spiro atoms. The van der Waals surface area contributed by atoms with E-state index in [0.29, 0.717) is 0 Å². The van der Waals surface area contributed by atoms with E-state index in [9.17, 15) is 10.1 Å². The largest absolute Gasteiger partial charge is 0.373 e. The average molecular weight is 358 g/mol. The van der Waals surface area contributed by atoms with Crippen molar-refractivity contribution in [2.45, 2.75) is 13.0 Å². The molecule has 0 bridgehead atoms. The molecule has 0 aliphatic heterocycles. The molecule has 0 amide bonds. The van der Waals surface area contributed by atoms with Crippen molar-refractivity contribution in [2.75, 3.05) is 5.32 Å². The van der Waals surface area contributed by atoms with Gasteiger partial charge < -0.3 is 10.3 Å². The number of aromatic amines is 1. The molecule has 4 rings (SSSR count). The number of nitrogens with zero attached hydrogens (tertiary/aromatic N) is 2. The van der Waals surface area contributed by atoms with Gasteiger partial charge in [-0.1, -0.05) is 24.3 Å². The highest BCUT2D eigenvalue weighted by atomic mass is 16.6. The smallest absolute Gasteiger partial charge is 0.269 e. The van der Waals surface area contributed by atoms with E-state index < -0.39 is 4.92 Å². The van der Waals surface area contributed by atoms with E-state index in [2.05, 4.69) is 21.4 Å². The molecule has 0 radical (unpaired) electrons. The van der Waals surface area contributed by atoms with Crippen LogP contribution in [0.2, 0.25) is 0 Å². The van der Waals surface area contributed by atoms with Crippen molar-refractivity contribution >= 4 is 22.3 Å². The van der Waals surface area contributed by atoms with Crippen molar-refractivity contribution in [3.63, 3.8) is 0 Å². The van der Waals surface area contributed by atoms with Crippen LogP contribution in [0.4, 0.5) is 11.4 Å². The number of hydrogen-bond donors (Lipinski definition) is 2. The number of hydrogen-bond acceptors (Lipinski definition) is 4. The van der Waals surface area contributed by atoms with Crippen molar-refractivity contribution in [3.8, 4) is 0 Å². The van der Waals surface area contributed by atoms with Crippen LogP contribution in [0.3, 0.4) is 0 Å². The Labute approximate surface area is 156 Å². The minimum absolute atomic E-state index is 0.0678. The number of fused-ring (bicyclic) bond motifs is 1. The molecule has 0 saturated carbocycles. The molecule has 2 N–H and O–H groups in total. The fourth-order valence-corrected chi connectivity index (χ4v) is 3.36. The van der Waals surface area contributed by atoms with E-state index in [0.717, 1.165) is 33.5 Å².